The van der Waals surface area contributed by atoms with Crippen LogP contribution in [0.2, 0.25) is 0 Å². The summed E-state index contributed by atoms with van der Waals surface area (Å²) in [5, 5.41) is 2.76. The van der Waals surface area contributed by atoms with E-state index < -0.39 is 0 Å². The van der Waals surface area contributed by atoms with Gasteiger partial charge >= 0.3 is 0 Å². The Bertz CT molecular complexity index is 566. The average Bonchev–Trinajstić information content (AvgIpc) is 2.58. The Labute approximate surface area is 144 Å². The van der Waals surface area contributed by atoms with Crippen molar-refractivity contribution < 1.29 is 9.59 Å². The van der Waals surface area contributed by atoms with Gasteiger partial charge in [-0.05, 0) is 31.8 Å². The molecule has 0 saturated carbocycles. The molecule has 24 heavy (non-hydrogen) atoms. The van der Waals surface area contributed by atoms with Crippen LogP contribution in [-0.4, -0.2) is 79.9 Å². The largest absolute Gasteiger partial charge is 0.352 e. The van der Waals surface area contributed by atoms with Crippen molar-refractivity contribution in [2.24, 2.45) is 0 Å². The number of piperazine rings is 1. The number of carbonyl (C=O) groups excluding carboxylic acids is 2. The van der Waals surface area contributed by atoms with Crippen molar-refractivity contribution in [3.8, 4) is 0 Å². The molecule has 2 rings (SSSR count). The van der Waals surface area contributed by atoms with Gasteiger partial charge in [-0.3, -0.25) is 14.5 Å². The molecule has 6 heteroatoms. The Morgan fingerprint density at radius 1 is 1.17 bits per heavy atom. The number of carbonyl (C=O) groups is 2. The van der Waals surface area contributed by atoms with Crippen LogP contribution in [0.4, 0.5) is 0 Å². The number of nitrogens with zero attached hydrogens (tertiary/aromatic N) is 3. The Morgan fingerprint density at radius 3 is 2.50 bits per heavy atom. The Kier molecular flexibility index (Phi) is 6.75. The summed E-state index contributed by atoms with van der Waals surface area (Å²) in [5.74, 6) is 0.00695. The van der Waals surface area contributed by atoms with E-state index in [1.165, 1.54) is 6.92 Å². The second kappa shape index (κ2) is 8.80. The summed E-state index contributed by atoms with van der Waals surface area (Å²) >= 11 is 0. The number of benzene rings is 1. The molecule has 1 saturated heterocycles. The maximum absolute atomic E-state index is 12.7. The molecule has 1 aromatic carbocycles. The van der Waals surface area contributed by atoms with Crippen LogP contribution in [0, 0.1) is 0 Å². The molecule has 0 aromatic heterocycles. The van der Waals surface area contributed by atoms with Gasteiger partial charge in [0.15, 0.2) is 0 Å². The minimum Gasteiger partial charge on any atom is -0.352 e. The maximum atomic E-state index is 12.7. The SMILES string of the molecule is CC(=O)NCc1cccc(C(=O)N2CCN(CCN(C)C)CC2)c1. The molecule has 6 nitrogen and oxygen atoms in total. The first-order valence-electron chi connectivity index (χ1n) is 8.45. The van der Waals surface area contributed by atoms with Gasteiger partial charge in [-0.2, -0.15) is 0 Å². The average molecular weight is 332 g/mol. The Balaban J connectivity index is 1.88. The van der Waals surface area contributed by atoms with Crippen LogP contribution in [0.3, 0.4) is 0 Å². The van der Waals surface area contributed by atoms with Crippen LogP contribution < -0.4 is 5.32 Å². The molecule has 1 fully saturated rings. The zero-order valence-electron chi connectivity index (χ0n) is 14.9. The third kappa shape index (κ3) is 5.62. The molecule has 1 aromatic rings. The summed E-state index contributed by atoms with van der Waals surface area (Å²) < 4.78 is 0. The highest BCUT2D eigenvalue weighted by atomic mass is 16.2. The van der Waals surface area contributed by atoms with Gasteiger partial charge in [-0.25, -0.2) is 0 Å². The van der Waals surface area contributed by atoms with E-state index in [0.29, 0.717) is 12.1 Å². The zero-order valence-corrected chi connectivity index (χ0v) is 14.9. The molecule has 0 aliphatic carbocycles. The third-order valence-electron chi connectivity index (χ3n) is 4.24. The summed E-state index contributed by atoms with van der Waals surface area (Å²) in [7, 11) is 4.15. The van der Waals surface area contributed by atoms with Gasteiger partial charge in [0.05, 0.1) is 0 Å². The van der Waals surface area contributed by atoms with Gasteiger partial charge in [0, 0.05) is 58.3 Å². The predicted molar refractivity (Wildman–Crippen MR) is 94.9 cm³/mol. The predicted octanol–water partition coefficient (Wildman–Crippen LogP) is 0.642. The van der Waals surface area contributed by atoms with Crippen LogP contribution >= 0.6 is 0 Å². The van der Waals surface area contributed by atoms with Crippen LogP contribution in [0.5, 0.6) is 0 Å². The third-order valence-corrected chi connectivity index (χ3v) is 4.24. The lowest BCUT2D eigenvalue weighted by molar-refractivity contribution is -0.119. The highest BCUT2D eigenvalue weighted by Gasteiger charge is 2.22. The van der Waals surface area contributed by atoms with Crippen molar-refractivity contribution in [2.75, 3.05) is 53.4 Å². The van der Waals surface area contributed by atoms with Gasteiger partial charge in [0.1, 0.15) is 0 Å². The van der Waals surface area contributed by atoms with Gasteiger partial charge < -0.3 is 15.1 Å². The number of hydrogen-bond donors (Lipinski definition) is 1. The maximum Gasteiger partial charge on any atom is 0.253 e. The molecule has 0 bridgehead atoms. The summed E-state index contributed by atoms with van der Waals surface area (Å²) in [6.07, 6.45) is 0. The van der Waals surface area contributed by atoms with Crippen molar-refractivity contribution in [3.05, 3.63) is 35.4 Å². The fourth-order valence-electron chi connectivity index (χ4n) is 2.74. The fourth-order valence-corrected chi connectivity index (χ4v) is 2.74. The van der Waals surface area contributed by atoms with E-state index in [1.807, 2.05) is 29.2 Å². The van der Waals surface area contributed by atoms with E-state index in [1.54, 1.807) is 0 Å². The minimum absolute atomic E-state index is 0.0689. The number of rotatable bonds is 6. The molecule has 1 N–H and O–H groups in total. The highest BCUT2D eigenvalue weighted by molar-refractivity contribution is 5.94. The van der Waals surface area contributed by atoms with Crippen LogP contribution in [0.25, 0.3) is 0 Å². The molecule has 2 amide bonds. The van der Waals surface area contributed by atoms with Crippen LogP contribution in [0.15, 0.2) is 24.3 Å². The van der Waals surface area contributed by atoms with E-state index in [9.17, 15) is 9.59 Å². The molecule has 0 atom stereocenters. The Morgan fingerprint density at radius 2 is 1.88 bits per heavy atom. The normalized spacial score (nSPS) is 15.6. The van der Waals surface area contributed by atoms with E-state index >= 15 is 0 Å². The molecular formula is C18H28N4O2. The van der Waals surface area contributed by atoms with Gasteiger partial charge in [-0.1, -0.05) is 12.1 Å². The van der Waals surface area contributed by atoms with Gasteiger partial charge in [0.2, 0.25) is 5.91 Å². The van der Waals surface area contributed by atoms with E-state index in [4.69, 9.17) is 0 Å². The lowest BCUT2D eigenvalue weighted by atomic mass is 10.1. The van der Waals surface area contributed by atoms with E-state index in [0.717, 1.165) is 44.8 Å². The summed E-state index contributed by atoms with van der Waals surface area (Å²) in [5.41, 5.74) is 1.64. The topological polar surface area (TPSA) is 55.9 Å². The number of amides is 2. The lowest BCUT2D eigenvalue weighted by Crippen LogP contribution is -2.50. The number of likely N-dealkylation sites (N-methyl/N-ethyl adjacent to an activating group) is 1. The molecular weight excluding hydrogens is 304 g/mol. The molecule has 1 aliphatic heterocycles. The van der Waals surface area contributed by atoms with Crippen molar-refractivity contribution in [1.82, 2.24) is 20.0 Å². The molecule has 0 spiro atoms. The zero-order chi connectivity index (χ0) is 17.5. The van der Waals surface area contributed by atoms with Crippen molar-refractivity contribution in [1.29, 1.82) is 0 Å². The van der Waals surface area contributed by atoms with Crippen molar-refractivity contribution in [3.63, 3.8) is 0 Å². The second-order valence-electron chi connectivity index (χ2n) is 6.55. The quantitative estimate of drug-likeness (QED) is 0.831. The summed E-state index contributed by atoms with van der Waals surface area (Å²) in [6, 6.07) is 7.51. The lowest BCUT2D eigenvalue weighted by Gasteiger charge is -2.35. The first-order chi connectivity index (χ1) is 11.5. The fraction of sp³-hybridized carbons (Fsp3) is 0.556. The van der Waals surface area contributed by atoms with E-state index in [2.05, 4.69) is 29.2 Å². The van der Waals surface area contributed by atoms with Crippen molar-refractivity contribution >= 4 is 11.8 Å². The van der Waals surface area contributed by atoms with E-state index in [-0.39, 0.29) is 11.8 Å². The van der Waals surface area contributed by atoms with Crippen molar-refractivity contribution in [2.45, 2.75) is 13.5 Å². The molecule has 0 radical (unpaired) electrons. The molecule has 1 aliphatic rings. The summed E-state index contributed by atoms with van der Waals surface area (Å²) in [6.45, 7) is 7.40. The standard InChI is InChI=1S/C18H28N4O2/c1-15(23)19-14-16-5-4-6-17(13-16)18(24)22-11-9-21(10-12-22)8-7-20(2)3/h4-6,13H,7-12,14H2,1-3H3,(H,19,23). The van der Waals surface area contributed by atoms with Crippen LogP contribution in [-0.2, 0) is 11.3 Å². The van der Waals surface area contributed by atoms with Gasteiger partial charge in [-0.15, -0.1) is 0 Å². The first-order valence-corrected chi connectivity index (χ1v) is 8.45. The summed E-state index contributed by atoms with van der Waals surface area (Å²) in [4.78, 5) is 30.2. The smallest absolute Gasteiger partial charge is 0.253 e. The second-order valence-corrected chi connectivity index (χ2v) is 6.55. The molecule has 132 valence electrons. The number of hydrogen-bond acceptors (Lipinski definition) is 4. The van der Waals surface area contributed by atoms with Gasteiger partial charge in [0.25, 0.3) is 5.91 Å². The molecule has 0 unspecified atom stereocenters. The molecule has 1 heterocycles. The Hall–Kier alpha value is -1.92. The number of nitrogens with one attached hydrogen (secondary N) is 1. The first kappa shape index (κ1) is 18.4. The minimum atomic E-state index is -0.0689. The monoisotopic (exact) mass is 332 g/mol. The highest BCUT2D eigenvalue weighted by Crippen LogP contribution is 2.11. The van der Waals surface area contributed by atoms with Crippen LogP contribution in [0.1, 0.15) is 22.8 Å².